The quantitative estimate of drug-likeness (QED) is 0.850. The highest BCUT2D eigenvalue weighted by Gasteiger charge is 2.67. The predicted molar refractivity (Wildman–Crippen MR) is 88.1 cm³/mol. The minimum absolute atomic E-state index is 0.0140. The summed E-state index contributed by atoms with van der Waals surface area (Å²) in [7, 11) is 3.36. The highest BCUT2D eigenvalue weighted by atomic mass is 16.5. The van der Waals surface area contributed by atoms with Gasteiger partial charge in [-0.2, -0.15) is 10.2 Å². The van der Waals surface area contributed by atoms with Crippen molar-refractivity contribution < 1.29 is 9.47 Å². The first-order valence-corrected chi connectivity index (χ1v) is 7.85. The first kappa shape index (κ1) is 14.2. The Morgan fingerprint density at radius 2 is 1.30 bits per heavy atom. The SMILES string of the molecule is COc1ccc(C2(c3ccc(OC)cc3)N=NC3(C)CC32)cc1. The van der Waals surface area contributed by atoms with Crippen LogP contribution in [0.1, 0.15) is 24.5 Å². The molecule has 0 aromatic heterocycles. The Kier molecular flexibility index (Phi) is 2.98. The third-order valence-electron chi connectivity index (χ3n) is 5.21. The van der Waals surface area contributed by atoms with Crippen molar-refractivity contribution in [2.75, 3.05) is 14.2 Å². The van der Waals surface area contributed by atoms with Crippen molar-refractivity contribution in [3.8, 4) is 11.5 Å². The van der Waals surface area contributed by atoms with E-state index in [2.05, 4.69) is 36.3 Å². The van der Waals surface area contributed by atoms with E-state index in [4.69, 9.17) is 14.6 Å². The molecule has 4 nitrogen and oxygen atoms in total. The fourth-order valence-electron chi connectivity index (χ4n) is 3.70. The smallest absolute Gasteiger partial charge is 0.137 e. The molecule has 0 saturated heterocycles. The van der Waals surface area contributed by atoms with Crippen LogP contribution in [-0.4, -0.2) is 19.8 Å². The molecule has 2 atom stereocenters. The summed E-state index contributed by atoms with van der Waals surface area (Å²) in [5.74, 6) is 2.12. The Bertz CT molecular complexity index is 704. The molecule has 0 amide bonds. The minimum atomic E-state index is -0.396. The van der Waals surface area contributed by atoms with Gasteiger partial charge in [0.05, 0.1) is 19.8 Å². The lowest BCUT2D eigenvalue weighted by Gasteiger charge is -2.28. The number of azo groups is 1. The lowest BCUT2D eigenvalue weighted by Crippen LogP contribution is -2.27. The second-order valence-electron chi connectivity index (χ2n) is 6.54. The van der Waals surface area contributed by atoms with Crippen LogP contribution < -0.4 is 9.47 Å². The van der Waals surface area contributed by atoms with Gasteiger partial charge in [-0.05, 0) is 48.7 Å². The van der Waals surface area contributed by atoms with E-state index in [0.29, 0.717) is 5.92 Å². The van der Waals surface area contributed by atoms with Gasteiger partial charge in [-0.3, -0.25) is 0 Å². The van der Waals surface area contributed by atoms with Crippen LogP contribution in [0.15, 0.2) is 58.8 Å². The van der Waals surface area contributed by atoms with E-state index in [0.717, 1.165) is 17.9 Å². The minimum Gasteiger partial charge on any atom is -0.497 e. The van der Waals surface area contributed by atoms with E-state index < -0.39 is 5.54 Å². The van der Waals surface area contributed by atoms with Crippen LogP contribution in [0, 0.1) is 5.92 Å². The summed E-state index contributed by atoms with van der Waals surface area (Å²) < 4.78 is 10.6. The molecule has 2 aromatic rings. The molecule has 1 saturated carbocycles. The fraction of sp³-hybridized carbons (Fsp3) is 0.368. The van der Waals surface area contributed by atoms with Crippen molar-refractivity contribution in [2.45, 2.75) is 24.4 Å². The topological polar surface area (TPSA) is 43.2 Å². The van der Waals surface area contributed by atoms with E-state index in [-0.39, 0.29) is 5.54 Å². The third-order valence-corrected chi connectivity index (χ3v) is 5.21. The van der Waals surface area contributed by atoms with E-state index >= 15 is 0 Å². The van der Waals surface area contributed by atoms with E-state index in [1.54, 1.807) is 14.2 Å². The molecule has 0 spiro atoms. The monoisotopic (exact) mass is 308 g/mol. The maximum absolute atomic E-state index is 5.29. The number of nitrogens with zero attached hydrogens (tertiary/aromatic N) is 2. The molecule has 4 rings (SSSR count). The van der Waals surface area contributed by atoms with Gasteiger partial charge in [-0.1, -0.05) is 24.3 Å². The number of rotatable bonds is 4. The molecule has 0 radical (unpaired) electrons. The van der Waals surface area contributed by atoms with Gasteiger partial charge in [-0.15, -0.1) is 0 Å². The third kappa shape index (κ3) is 1.97. The molecule has 2 aliphatic rings. The van der Waals surface area contributed by atoms with Gasteiger partial charge in [0, 0.05) is 5.92 Å². The van der Waals surface area contributed by atoms with Crippen LogP contribution in [-0.2, 0) is 5.54 Å². The van der Waals surface area contributed by atoms with Crippen LogP contribution >= 0.6 is 0 Å². The standard InChI is InChI=1S/C19H20N2O2/c1-18-12-17(18)19(21-20-18,13-4-8-15(22-2)9-5-13)14-6-10-16(23-3)11-7-14/h4-11,17H,12H2,1-3H3. The Morgan fingerprint density at radius 3 is 1.61 bits per heavy atom. The molecule has 1 aliphatic carbocycles. The van der Waals surface area contributed by atoms with Gasteiger partial charge in [-0.25, -0.2) is 0 Å². The lowest BCUT2D eigenvalue weighted by molar-refractivity contribution is 0.412. The number of ether oxygens (including phenoxy) is 2. The molecule has 2 aromatic carbocycles. The molecule has 23 heavy (non-hydrogen) atoms. The van der Waals surface area contributed by atoms with Gasteiger partial charge in [0.25, 0.3) is 0 Å². The van der Waals surface area contributed by atoms with Crippen LogP contribution in [0.4, 0.5) is 0 Å². The first-order valence-electron chi connectivity index (χ1n) is 7.85. The normalized spacial score (nSPS) is 26.7. The van der Waals surface area contributed by atoms with Crippen molar-refractivity contribution in [2.24, 2.45) is 16.1 Å². The molecule has 1 fully saturated rings. The number of hydrogen-bond acceptors (Lipinski definition) is 4. The number of benzene rings is 2. The Balaban J connectivity index is 1.83. The molecular formula is C19H20N2O2. The highest BCUT2D eigenvalue weighted by Crippen LogP contribution is 2.65. The largest absolute Gasteiger partial charge is 0.497 e. The van der Waals surface area contributed by atoms with E-state index in [1.807, 2.05) is 24.3 Å². The van der Waals surface area contributed by atoms with Crippen molar-refractivity contribution in [1.82, 2.24) is 0 Å². The summed E-state index contributed by atoms with van der Waals surface area (Å²) in [5, 5.41) is 9.36. The van der Waals surface area contributed by atoms with Crippen molar-refractivity contribution in [3.05, 3.63) is 59.7 Å². The zero-order chi connectivity index (χ0) is 16.1. The maximum Gasteiger partial charge on any atom is 0.137 e. The van der Waals surface area contributed by atoms with Crippen LogP contribution in [0.25, 0.3) is 0 Å². The molecule has 0 N–H and O–H groups in total. The van der Waals surface area contributed by atoms with Gasteiger partial charge in [0.2, 0.25) is 0 Å². The van der Waals surface area contributed by atoms with Gasteiger partial charge < -0.3 is 9.47 Å². The second kappa shape index (κ2) is 4.82. The molecular weight excluding hydrogens is 288 g/mol. The number of methoxy groups -OCH3 is 2. The maximum atomic E-state index is 5.29. The molecule has 2 unspecified atom stereocenters. The highest BCUT2D eigenvalue weighted by molar-refractivity contribution is 5.48. The average molecular weight is 308 g/mol. The van der Waals surface area contributed by atoms with Gasteiger partial charge in [0.15, 0.2) is 0 Å². The van der Waals surface area contributed by atoms with Crippen LogP contribution in [0.5, 0.6) is 11.5 Å². The summed E-state index contributed by atoms with van der Waals surface area (Å²) in [6.45, 7) is 2.19. The Labute approximate surface area is 136 Å². The summed E-state index contributed by atoms with van der Waals surface area (Å²) >= 11 is 0. The average Bonchev–Trinajstić information content (AvgIpc) is 3.20. The summed E-state index contributed by atoms with van der Waals surface area (Å²) in [6.07, 6.45) is 1.08. The zero-order valence-electron chi connectivity index (χ0n) is 13.6. The van der Waals surface area contributed by atoms with Crippen LogP contribution in [0.2, 0.25) is 0 Å². The molecule has 0 bridgehead atoms. The van der Waals surface area contributed by atoms with Crippen molar-refractivity contribution >= 4 is 0 Å². The molecule has 1 heterocycles. The Hall–Kier alpha value is -2.36. The number of hydrogen-bond donors (Lipinski definition) is 0. The fourth-order valence-corrected chi connectivity index (χ4v) is 3.70. The molecule has 1 aliphatic heterocycles. The van der Waals surface area contributed by atoms with Crippen molar-refractivity contribution in [3.63, 3.8) is 0 Å². The van der Waals surface area contributed by atoms with E-state index in [1.165, 1.54) is 11.1 Å². The van der Waals surface area contributed by atoms with Gasteiger partial charge in [0.1, 0.15) is 17.0 Å². The van der Waals surface area contributed by atoms with Crippen LogP contribution in [0.3, 0.4) is 0 Å². The lowest BCUT2D eigenvalue weighted by atomic mass is 9.78. The first-order chi connectivity index (χ1) is 11.1. The summed E-state index contributed by atoms with van der Waals surface area (Å²) in [5.41, 5.74) is 1.92. The predicted octanol–water partition coefficient (Wildman–Crippen LogP) is 4.19. The van der Waals surface area contributed by atoms with Gasteiger partial charge >= 0.3 is 0 Å². The molecule has 4 heteroatoms. The Morgan fingerprint density at radius 1 is 0.826 bits per heavy atom. The molecule has 118 valence electrons. The summed E-state index contributed by atoms with van der Waals surface area (Å²) in [4.78, 5) is 0. The zero-order valence-corrected chi connectivity index (χ0v) is 13.6. The number of fused-ring (bicyclic) bond motifs is 1. The second-order valence-corrected chi connectivity index (χ2v) is 6.54. The van der Waals surface area contributed by atoms with Crippen molar-refractivity contribution in [1.29, 1.82) is 0 Å². The summed E-state index contributed by atoms with van der Waals surface area (Å²) in [6, 6.07) is 16.4. The van der Waals surface area contributed by atoms with E-state index in [9.17, 15) is 0 Å².